The molecule has 1 aliphatic heterocycles. The molecule has 2 aromatic rings. The molecule has 1 aliphatic rings. The highest BCUT2D eigenvalue weighted by molar-refractivity contribution is 6.30. The second kappa shape index (κ2) is 8.52. The van der Waals surface area contributed by atoms with Gasteiger partial charge in [0.15, 0.2) is 0 Å². The first-order valence-corrected chi connectivity index (χ1v) is 9.29. The van der Waals surface area contributed by atoms with Crippen molar-refractivity contribution >= 4 is 17.6 Å². The minimum absolute atomic E-state index is 0.0232. The van der Waals surface area contributed by atoms with Crippen molar-refractivity contribution < 1.29 is 4.79 Å². The number of carbonyl (C=O) groups excluding carboxylic acids is 1. The van der Waals surface area contributed by atoms with Crippen LogP contribution in [-0.2, 0) is 0 Å². The van der Waals surface area contributed by atoms with E-state index < -0.39 is 0 Å². The first kappa shape index (κ1) is 18.7. The van der Waals surface area contributed by atoms with E-state index in [0.717, 1.165) is 31.0 Å². The van der Waals surface area contributed by atoms with E-state index in [-0.39, 0.29) is 18.1 Å². The lowest BCUT2D eigenvalue weighted by Crippen LogP contribution is -2.48. The Labute approximate surface area is 160 Å². The summed E-state index contributed by atoms with van der Waals surface area (Å²) in [6.45, 7) is 1.83. The summed E-state index contributed by atoms with van der Waals surface area (Å²) in [5.74, 6) is 0. The molecule has 0 bridgehead atoms. The summed E-state index contributed by atoms with van der Waals surface area (Å²) >= 11 is 6.07. The average molecular weight is 373 g/mol. The summed E-state index contributed by atoms with van der Waals surface area (Å²) in [7, 11) is 3.53. The first-order valence-electron chi connectivity index (χ1n) is 8.92. The van der Waals surface area contributed by atoms with Crippen LogP contribution in [0.3, 0.4) is 0 Å². The molecule has 2 heterocycles. The number of nitrogens with zero attached hydrogens (tertiary/aromatic N) is 3. The van der Waals surface area contributed by atoms with Gasteiger partial charge in [-0.05, 0) is 42.2 Å². The molecule has 0 saturated carbocycles. The predicted molar refractivity (Wildman–Crippen MR) is 104 cm³/mol. The number of hydrogen-bond donors (Lipinski definition) is 1. The maximum Gasteiger partial charge on any atom is 0.317 e. The Balaban J connectivity index is 1.75. The second-order valence-electron chi connectivity index (χ2n) is 6.89. The van der Waals surface area contributed by atoms with Crippen molar-refractivity contribution in [2.45, 2.75) is 24.9 Å². The minimum atomic E-state index is -0.0232. The summed E-state index contributed by atoms with van der Waals surface area (Å²) in [5.41, 5.74) is 2.38. The molecule has 2 amide bonds. The third-order valence-corrected chi connectivity index (χ3v) is 5.07. The SMILES string of the molecule is CN(C)C(=O)NC1CCN(C(c2ccc(Cl)cc2)c2cccnc2)CC1. The van der Waals surface area contributed by atoms with Gasteiger partial charge in [-0.2, -0.15) is 0 Å². The van der Waals surface area contributed by atoms with E-state index in [2.05, 4.69) is 33.4 Å². The maximum absolute atomic E-state index is 11.9. The summed E-state index contributed by atoms with van der Waals surface area (Å²) in [6.07, 6.45) is 5.60. The molecule has 1 saturated heterocycles. The van der Waals surface area contributed by atoms with Crippen molar-refractivity contribution in [1.82, 2.24) is 20.1 Å². The Morgan fingerprint density at radius 1 is 1.19 bits per heavy atom. The predicted octanol–water partition coefficient (Wildman–Crippen LogP) is 3.56. The number of pyridine rings is 1. The van der Waals surface area contributed by atoms with Gasteiger partial charge in [-0.1, -0.05) is 29.8 Å². The number of aromatic nitrogens is 1. The molecular weight excluding hydrogens is 348 g/mol. The molecule has 1 atom stereocenters. The van der Waals surface area contributed by atoms with E-state index in [9.17, 15) is 4.79 Å². The van der Waals surface area contributed by atoms with Crippen LogP contribution in [0, 0.1) is 0 Å². The van der Waals surface area contributed by atoms with E-state index in [1.54, 1.807) is 25.2 Å². The number of urea groups is 1. The Bertz CT molecular complexity index is 712. The Morgan fingerprint density at radius 3 is 2.46 bits per heavy atom. The van der Waals surface area contributed by atoms with Gasteiger partial charge in [0.05, 0.1) is 6.04 Å². The molecule has 3 rings (SSSR count). The van der Waals surface area contributed by atoms with Crippen LogP contribution in [0.5, 0.6) is 0 Å². The van der Waals surface area contributed by atoms with Gasteiger partial charge >= 0.3 is 6.03 Å². The molecule has 1 N–H and O–H groups in total. The van der Waals surface area contributed by atoms with Crippen LogP contribution in [-0.4, -0.2) is 54.0 Å². The van der Waals surface area contributed by atoms with Crippen LogP contribution in [0.1, 0.15) is 30.0 Å². The highest BCUT2D eigenvalue weighted by Crippen LogP contribution is 2.31. The van der Waals surface area contributed by atoms with E-state index in [1.807, 2.05) is 24.4 Å². The van der Waals surface area contributed by atoms with Gasteiger partial charge in [0, 0.05) is 50.6 Å². The van der Waals surface area contributed by atoms with Crippen molar-refractivity contribution in [1.29, 1.82) is 0 Å². The second-order valence-corrected chi connectivity index (χ2v) is 7.33. The normalized spacial score (nSPS) is 16.9. The molecule has 1 fully saturated rings. The molecule has 0 aliphatic carbocycles. The van der Waals surface area contributed by atoms with Gasteiger partial charge < -0.3 is 10.2 Å². The van der Waals surface area contributed by atoms with E-state index >= 15 is 0 Å². The number of nitrogens with one attached hydrogen (secondary N) is 1. The number of benzene rings is 1. The Kier molecular flexibility index (Phi) is 6.12. The van der Waals surface area contributed by atoms with Crippen LogP contribution in [0.25, 0.3) is 0 Å². The maximum atomic E-state index is 11.9. The number of halogens is 1. The van der Waals surface area contributed by atoms with E-state index in [1.165, 1.54) is 11.1 Å². The fourth-order valence-electron chi connectivity index (χ4n) is 3.40. The number of piperidine rings is 1. The van der Waals surface area contributed by atoms with Crippen LogP contribution in [0.15, 0.2) is 48.8 Å². The standard InChI is InChI=1S/C20H25ClN4O/c1-24(2)20(26)23-18-9-12-25(13-10-18)19(16-4-3-11-22-14-16)15-5-7-17(21)8-6-15/h3-8,11,14,18-19H,9-10,12-13H2,1-2H3,(H,23,26). The summed E-state index contributed by atoms with van der Waals surface area (Å²) in [5, 5.41) is 3.83. The number of likely N-dealkylation sites (tertiary alicyclic amines) is 1. The lowest BCUT2D eigenvalue weighted by molar-refractivity contribution is 0.158. The first-order chi connectivity index (χ1) is 12.5. The summed E-state index contributed by atoms with van der Waals surface area (Å²) in [6, 6.07) is 12.5. The molecular formula is C20H25ClN4O. The van der Waals surface area contributed by atoms with Crippen LogP contribution in [0.4, 0.5) is 4.79 Å². The van der Waals surface area contributed by atoms with Crippen molar-refractivity contribution in [3.05, 3.63) is 64.9 Å². The van der Waals surface area contributed by atoms with Crippen molar-refractivity contribution in [2.24, 2.45) is 0 Å². The van der Waals surface area contributed by atoms with Gasteiger partial charge in [0.2, 0.25) is 0 Å². The zero-order valence-electron chi connectivity index (χ0n) is 15.2. The molecule has 1 aromatic heterocycles. The largest absolute Gasteiger partial charge is 0.335 e. The van der Waals surface area contributed by atoms with Gasteiger partial charge in [-0.15, -0.1) is 0 Å². The third kappa shape index (κ3) is 4.54. The number of rotatable bonds is 4. The molecule has 0 radical (unpaired) electrons. The van der Waals surface area contributed by atoms with Gasteiger partial charge in [0.1, 0.15) is 0 Å². The zero-order valence-corrected chi connectivity index (χ0v) is 16.0. The lowest BCUT2D eigenvalue weighted by Gasteiger charge is -2.38. The van der Waals surface area contributed by atoms with Gasteiger partial charge in [-0.25, -0.2) is 4.79 Å². The molecule has 26 heavy (non-hydrogen) atoms. The van der Waals surface area contributed by atoms with Crippen LogP contribution >= 0.6 is 11.6 Å². The minimum Gasteiger partial charge on any atom is -0.335 e. The van der Waals surface area contributed by atoms with Gasteiger partial charge in [-0.3, -0.25) is 9.88 Å². The quantitative estimate of drug-likeness (QED) is 0.892. The van der Waals surface area contributed by atoms with Crippen molar-refractivity contribution in [3.63, 3.8) is 0 Å². The van der Waals surface area contributed by atoms with Crippen molar-refractivity contribution in [3.8, 4) is 0 Å². The molecule has 1 aromatic carbocycles. The van der Waals surface area contributed by atoms with Crippen LogP contribution < -0.4 is 5.32 Å². The van der Waals surface area contributed by atoms with E-state index in [0.29, 0.717) is 0 Å². The fraction of sp³-hybridized carbons (Fsp3) is 0.400. The van der Waals surface area contributed by atoms with Crippen molar-refractivity contribution in [2.75, 3.05) is 27.2 Å². The molecule has 0 spiro atoms. The topological polar surface area (TPSA) is 48.5 Å². The van der Waals surface area contributed by atoms with Crippen LogP contribution in [0.2, 0.25) is 5.02 Å². The van der Waals surface area contributed by atoms with Gasteiger partial charge in [0.25, 0.3) is 0 Å². The summed E-state index contributed by atoms with van der Waals surface area (Å²) < 4.78 is 0. The number of hydrogen-bond acceptors (Lipinski definition) is 3. The highest BCUT2D eigenvalue weighted by atomic mass is 35.5. The number of amides is 2. The third-order valence-electron chi connectivity index (χ3n) is 4.81. The lowest BCUT2D eigenvalue weighted by atomic mass is 9.95. The average Bonchev–Trinajstić information content (AvgIpc) is 2.66. The smallest absolute Gasteiger partial charge is 0.317 e. The molecule has 138 valence electrons. The van der Waals surface area contributed by atoms with E-state index in [4.69, 9.17) is 11.6 Å². The Hall–Kier alpha value is -2.11. The zero-order chi connectivity index (χ0) is 18.5. The Morgan fingerprint density at radius 2 is 1.88 bits per heavy atom. The molecule has 1 unspecified atom stereocenters. The summed E-state index contributed by atoms with van der Waals surface area (Å²) in [4.78, 5) is 20.2. The fourth-order valence-corrected chi connectivity index (χ4v) is 3.53. The highest BCUT2D eigenvalue weighted by Gasteiger charge is 2.28. The monoisotopic (exact) mass is 372 g/mol. The number of carbonyl (C=O) groups is 1. The molecule has 6 heteroatoms. The molecule has 5 nitrogen and oxygen atoms in total.